The molecule has 1 aromatic carbocycles. The number of amides is 1. The molecule has 0 N–H and O–H groups in total. The fourth-order valence-corrected chi connectivity index (χ4v) is 5.89. The van der Waals surface area contributed by atoms with Gasteiger partial charge < -0.3 is 19.1 Å². The highest BCUT2D eigenvalue weighted by atomic mass is 19.1. The van der Waals surface area contributed by atoms with Crippen molar-refractivity contribution in [1.29, 1.82) is 0 Å². The molecule has 5 rings (SSSR count). The van der Waals surface area contributed by atoms with Crippen LogP contribution in [0.2, 0.25) is 0 Å². The molecule has 1 aromatic rings. The number of piperidine rings is 1. The van der Waals surface area contributed by atoms with Crippen molar-refractivity contribution in [3.63, 3.8) is 0 Å². The van der Waals surface area contributed by atoms with Crippen molar-refractivity contribution in [1.82, 2.24) is 9.80 Å². The van der Waals surface area contributed by atoms with Crippen LogP contribution >= 0.6 is 0 Å². The minimum Gasteiger partial charge on any atom is -0.444 e. The van der Waals surface area contributed by atoms with Crippen LogP contribution in [-0.4, -0.2) is 79.1 Å². The van der Waals surface area contributed by atoms with E-state index in [4.69, 9.17) is 14.2 Å². The summed E-state index contributed by atoms with van der Waals surface area (Å²) in [5, 5.41) is 0. The molecule has 4 aliphatic heterocycles. The van der Waals surface area contributed by atoms with E-state index in [0.29, 0.717) is 38.3 Å². The SMILES string of the molecule is CC(C)(C)OC(=O)N1CC2(C[C@H](N3CCC(c4cc(F)ccc4C4=CCOCC4)CC3)CO2)C1. The van der Waals surface area contributed by atoms with E-state index in [9.17, 15) is 9.18 Å². The maximum atomic E-state index is 14.2. The first-order valence-corrected chi connectivity index (χ1v) is 12.6. The molecule has 4 heterocycles. The monoisotopic (exact) mass is 472 g/mol. The number of carbonyl (C=O) groups excluding carboxylic acids is 1. The van der Waals surface area contributed by atoms with Gasteiger partial charge in [0.15, 0.2) is 0 Å². The number of carbonyl (C=O) groups is 1. The standard InChI is InChI=1S/C27H37FN2O4/c1-26(2,3)34-25(31)30-17-27(18-30)15-22(16-33-27)29-10-6-19(7-11-29)24-14-21(28)4-5-23(24)20-8-12-32-13-9-20/h4-5,8,14,19,22H,6-7,9-13,15-18H2,1-3H3/t22-/m0/s1. The van der Waals surface area contributed by atoms with Gasteiger partial charge in [0.05, 0.1) is 32.9 Å². The van der Waals surface area contributed by atoms with E-state index in [2.05, 4.69) is 11.0 Å². The summed E-state index contributed by atoms with van der Waals surface area (Å²) in [4.78, 5) is 16.6. The highest BCUT2D eigenvalue weighted by Crippen LogP contribution is 2.40. The lowest BCUT2D eigenvalue weighted by Gasteiger charge is -2.47. The molecule has 0 unspecified atom stereocenters. The second-order valence-corrected chi connectivity index (χ2v) is 11.3. The third-order valence-corrected chi connectivity index (χ3v) is 7.61. The van der Waals surface area contributed by atoms with Crippen molar-refractivity contribution < 1.29 is 23.4 Å². The summed E-state index contributed by atoms with van der Waals surface area (Å²) in [6.45, 7) is 10.9. The summed E-state index contributed by atoms with van der Waals surface area (Å²) in [5.74, 6) is 0.216. The average Bonchev–Trinajstić information content (AvgIpc) is 3.24. The number of rotatable bonds is 3. The van der Waals surface area contributed by atoms with Gasteiger partial charge in [-0.1, -0.05) is 12.1 Å². The topological polar surface area (TPSA) is 51.2 Å². The molecule has 0 bridgehead atoms. The summed E-state index contributed by atoms with van der Waals surface area (Å²) in [6.07, 6.45) is 5.77. The molecule has 0 radical (unpaired) electrons. The molecule has 0 aromatic heterocycles. The van der Waals surface area contributed by atoms with Gasteiger partial charge in [-0.05, 0) is 94.3 Å². The van der Waals surface area contributed by atoms with Crippen LogP contribution in [0.25, 0.3) is 5.57 Å². The molecule has 7 heteroatoms. The van der Waals surface area contributed by atoms with Gasteiger partial charge in [0, 0.05) is 6.04 Å². The lowest BCUT2D eigenvalue weighted by atomic mass is 9.82. The predicted molar refractivity (Wildman–Crippen MR) is 128 cm³/mol. The van der Waals surface area contributed by atoms with Crippen LogP contribution in [0.1, 0.15) is 63.5 Å². The smallest absolute Gasteiger partial charge is 0.410 e. The number of nitrogens with zero attached hydrogens (tertiary/aromatic N) is 2. The Balaban J connectivity index is 1.16. The van der Waals surface area contributed by atoms with Crippen LogP contribution in [0, 0.1) is 5.82 Å². The number of hydrogen-bond donors (Lipinski definition) is 0. The van der Waals surface area contributed by atoms with Gasteiger partial charge in [-0.3, -0.25) is 4.90 Å². The number of hydrogen-bond acceptors (Lipinski definition) is 5. The molecule has 3 saturated heterocycles. The van der Waals surface area contributed by atoms with Crippen molar-refractivity contribution in [2.24, 2.45) is 0 Å². The first-order chi connectivity index (χ1) is 16.2. The fraction of sp³-hybridized carbons (Fsp3) is 0.667. The lowest BCUT2D eigenvalue weighted by Crippen LogP contribution is -2.64. The lowest BCUT2D eigenvalue weighted by molar-refractivity contribution is -0.109. The summed E-state index contributed by atoms with van der Waals surface area (Å²) >= 11 is 0. The minimum atomic E-state index is -0.480. The molecule has 3 fully saturated rings. The Morgan fingerprint density at radius 3 is 2.65 bits per heavy atom. The zero-order chi connectivity index (χ0) is 23.9. The molecule has 4 aliphatic rings. The largest absolute Gasteiger partial charge is 0.444 e. The van der Waals surface area contributed by atoms with Gasteiger partial charge in [-0.25, -0.2) is 9.18 Å². The molecular weight excluding hydrogens is 435 g/mol. The van der Waals surface area contributed by atoms with E-state index in [-0.39, 0.29) is 17.5 Å². The Labute approximate surface area is 202 Å². The van der Waals surface area contributed by atoms with Crippen LogP contribution in [-0.2, 0) is 14.2 Å². The zero-order valence-corrected chi connectivity index (χ0v) is 20.6. The van der Waals surface area contributed by atoms with Gasteiger partial charge in [-0.15, -0.1) is 0 Å². The Kier molecular flexibility index (Phi) is 6.46. The van der Waals surface area contributed by atoms with Crippen LogP contribution in [0.3, 0.4) is 0 Å². The minimum absolute atomic E-state index is 0.153. The summed E-state index contributed by atoms with van der Waals surface area (Å²) in [7, 11) is 0. The van der Waals surface area contributed by atoms with Crippen molar-refractivity contribution >= 4 is 11.7 Å². The van der Waals surface area contributed by atoms with Gasteiger partial charge in [-0.2, -0.15) is 0 Å². The summed E-state index contributed by atoms with van der Waals surface area (Å²) in [6, 6.07) is 5.67. The van der Waals surface area contributed by atoms with E-state index in [1.165, 1.54) is 11.1 Å². The molecule has 1 amide bonds. The summed E-state index contributed by atoms with van der Waals surface area (Å²) in [5.41, 5.74) is 2.94. The molecule has 34 heavy (non-hydrogen) atoms. The van der Waals surface area contributed by atoms with Gasteiger partial charge >= 0.3 is 6.09 Å². The number of benzene rings is 1. The molecule has 1 atom stereocenters. The average molecular weight is 473 g/mol. The van der Waals surface area contributed by atoms with E-state index in [0.717, 1.165) is 50.9 Å². The normalized spacial score (nSPS) is 25.8. The van der Waals surface area contributed by atoms with E-state index in [1.54, 1.807) is 17.0 Å². The van der Waals surface area contributed by atoms with E-state index >= 15 is 0 Å². The first kappa shape index (κ1) is 23.8. The van der Waals surface area contributed by atoms with Crippen molar-refractivity contribution in [2.45, 2.75) is 69.6 Å². The molecule has 0 saturated carbocycles. The van der Waals surface area contributed by atoms with Crippen LogP contribution in [0.15, 0.2) is 24.3 Å². The first-order valence-electron chi connectivity index (χ1n) is 12.6. The maximum absolute atomic E-state index is 14.2. The highest BCUT2D eigenvalue weighted by molar-refractivity contribution is 5.70. The quantitative estimate of drug-likeness (QED) is 0.644. The Hall–Kier alpha value is -1.96. The van der Waals surface area contributed by atoms with Crippen molar-refractivity contribution in [3.05, 3.63) is 41.2 Å². The number of halogens is 1. The maximum Gasteiger partial charge on any atom is 0.410 e. The number of ether oxygens (including phenoxy) is 3. The van der Waals surface area contributed by atoms with E-state index in [1.807, 2.05) is 26.8 Å². The van der Waals surface area contributed by atoms with Crippen LogP contribution in [0.4, 0.5) is 9.18 Å². The Morgan fingerprint density at radius 1 is 1.21 bits per heavy atom. The van der Waals surface area contributed by atoms with Crippen molar-refractivity contribution in [2.75, 3.05) is 46.0 Å². The third kappa shape index (κ3) is 5.02. The Morgan fingerprint density at radius 2 is 1.97 bits per heavy atom. The van der Waals surface area contributed by atoms with E-state index < -0.39 is 5.60 Å². The third-order valence-electron chi connectivity index (χ3n) is 7.61. The molecule has 186 valence electrons. The molecule has 0 aliphatic carbocycles. The molecular formula is C27H37FN2O4. The van der Waals surface area contributed by atoms with Gasteiger partial charge in [0.25, 0.3) is 0 Å². The molecule has 6 nitrogen and oxygen atoms in total. The Bertz CT molecular complexity index is 942. The van der Waals surface area contributed by atoms with Crippen LogP contribution in [0.5, 0.6) is 0 Å². The summed E-state index contributed by atoms with van der Waals surface area (Å²) < 4.78 is 31.4. The number of likely N-dealkylation sites (tertiary alicyclic amines) is 2. The second kappa shape index (κ2) is 9.25. The second-order valence-electron chi connectivity index (χ2n) is 11.3. The zero-order valence-electron chi connectivity index (χ0n) is 20.6. The highest BCUT2D eigenvalue weighted by Gasteiger charge is 2.53. The fourth-order valence-electron chi connectivity index (χ4n) is 5.89. The van der Waals surface area contributed by atoms with Gasteiger partial charge in [0.2, 0.25) is 0 Å². The molecule has 1 spiro atoms. The van der Waals surface area contributed by atoms with Crippen LogP contribution < -0.4 is 0 Å². The van der Waals surface area contributed by atoms with Crippen molar-refractivity contribution in [3.8, 4) is 0 Å². The predicted octanol–water partition coefficient (Wildman–Crippen LogP) is 4.59. The van der Waals surface area contributed by atoms with Gasteiger partial charge in [0.1, 0.15) is 17.0 Å².